The van der Waals surface area contributed by atoms with Crippen molar-refractivity contribution in [2.24, 2.45) is 13.0 Å². The summed E-state index contributed by atoms with van der Waals surface area (Å²) >= 11 is 0. The smallest absolute Gasteiger partial charge is 0.275 e. The molecule has 0 N–H and O–H groups in total. The Balaban J connectivity index is 1.31. The highest BCUT2D eigenvalue weighted by Crippen LogP contribution is 2.38. The Morgan fingerprint density at radius 1 is 1.21 bits per heavy atom. The average Bonchev–Trinajstić information content (AvgIpc) is 3.43. The summed E-state index contributed by atoms with van der Waals surface area (Å²) in [6.07, 6.45) is 5.82. The maximum Gasteiger partial charge on any atom is 0.275 e. The lowest BCUT2D eigenvalue weighted by Gasteiger charge is -2.39. The van der Waals surface area contributed by atoms with Gasteiger partial charge in [0.2, 0.25) is 0 Å². The van der Waals surface area contributed by atoms with Crippen molar-refractivity contribution in [3.63, 3.8) is 0 Å². The van der Waals surface area contributed by atoms with Crippen LogP contribution in [0.4, 0.5) is 0 Å². The minimum atomic E-state index is -0.150. The number of hydrogen-bond donors (Lipinski definition) is 0. The van der Waals surface area contributed by atoms with Crippen LogP contribution >= 0.6 is 0 Å². The number of aromatic nitrogens is 2. The molecule has 0 saturated carbocycles. The van der Waals surface area contributed by atoms with Crippen LogP contribution in [0.1, 0.15) is 42.6 Å². The minimum Gasteiger partial charge on any atom is -0.373 e. The third-order valence-electron chi connectivity index (χ3n) is 6.79. The van der Waals surface area contributed by atoms with Gasteiger partial charge in [-0.15, -0.1) is 0 Å². The van der Waals surface area contributed by atoms with E-state index in [9.17, 15) is 4.79 Å². The van der Waals surface area contributed by atoms with Gasteiger partial charge in [-0.3, -0.25) is 9.48 Å². The first-order valence-electron chi connectivity index (χ1n) is 10.7. The number of carbonyl (C=O) groups is 1. The molecule has 0 bridgehead atoms. The molecule has 0 unspecified atom stereocenters. The number of aryl methyl sites for hydroxylation is 1. The van der Waals surface area contributed by atoms with E-state index in [2.05, 4.69) is 10.00 Å². The number of nitrogens with zero attached hydrogens (tertiary/aromatic N) is 4. The molecule has 3 fully saturated rings. The Hall–Kier alpha value is -1.92. The van der Waals surface area contributed by atoms with Crippen LogP contribution in [0.15, 0.2) is 24.3 Å². The number of benzene rings is 1. The van der Waals surface area contributed by atoms with Gasteiger partial charge in [-0.2, -0.15) is 5.10 Å². The van der Waals surface area contributed by atoms with E-state index in [1.165, 1.54) is 25.9 Å². The van der Waals surface area contributed by atoms with Gasteiger partial charge in [0.15, 0.2) is 5.69 Å². The Morgan fingerprint density at radius 3 is 2.89 bits per heavy atom. The average molecular weight is 383 g/mol. The number of likely N-dealkylation sites (tertiary alicyclic amines) is 2. The van der Waals surface area contributed by atoms with Crippen LogP contribution in [0.25, 0.3) is 10.9 Å². The maximum absolute atomic E-state index is 13.3. The van der Waals surface area contributed by atoms with E-state index >= 15 is 0 Å². The van der Waals surface area contributed by atoms with Gasteiger partial charge in [0.05, 0.1) is 24.3 Å². The second kappa shape index (κ2) is 7.16. The van der Waals surface area contributed by atoms with Crippen molar-refractivity contribution in [1.29, 1.82) is 0 Å². The lowest BCUT2D eigenvalue weighted by molar-refractivity contribution is -0.0451. The van der Waals surface area contributed by atoms with Crippen molar-refractivity contribution < 1.29 is 9.53 Å². The zero-order valence-corrected chi connectivity index (χ0v) is 16.8. The van der Waals surface area contributed by atoms with Crippen molar-refractivity contribution in [2.75, 3.05) is 39.3 Å². The van der Waals surface area contributed by atoms with E-state index in [1.54, 1.807) is 4.68 Å². The molecule has 1 spiro atoms. The summed E-state index contributed by atoms with van der Waals surface area (Å²) in [4.78, 5) is 17.9. The van der Waals surface area contributed by atoms with E-state index in [4.69, 9.17) is 4.74 Å². The normalized spacial score (nSPS) is 28.6. The largest absolute Gasteiger partial charge is 0.373 e. The van der Waals surface area contributed by atoms with Crippen molar-refractivity contribution in [1.82, 2.24) is 19.6 Å². The number of ether oxygens (including phenoxy) is 1. The van der Waals surface area contributed by atoms with Crippen molar-refractivity contribution in [3.05, 3.63) is 30.0 Å². The predicted octanol–water partition coefficient (Wildman–Crippen LogP) is 2.68. The molecular weight excluding hydrogens is 352 g/mol. The summed E-state index contributed by atoms with van der Waals surface area (Å²) in [5.41, 5.74) is 1.42. The van der Waals surface area contributed by atoms with Crippen LogP contribution in [0.2, 0.25) is 0 Å². The first-order valence-corrected chi connectivity index (χ1v) is 10.7. The predicted molar refractivity (Wildman–Crippen MR) is 108 cm³/mol. The summed E-state index contributed by atoms with van der Waals surface area (Å²) in [7, 11) is 1.90. The lowest BCUT2D eigenvalue weighted by Crippen LogP contribution is -2.50. The zero-order chi connectivity index (χ0) is 19.1. The monoisotopic (exact) mass is 382 g/mol. The van der Waals surface area contributed by atoms with Gasteiger partial charge in [-0.25, -0.2) is 0 Å². The molecule has 6 heteroatoms. The van der Waals surface area contributed by atoms with E-state index in [-0.39, 0.29) is 11.5 Å². The van der Waals surface area contributed by atoms with Crippen molar-refractivity contribution in [3.8, 4) is 0 Å². The first-order chi connectivity index (χ1) is 13.6. The summed E-state index contributed by atoms with van der Waals surface area (Å²) in [5.74, 6) is 0.645. The first kappa shape index (κ1) is 18.1. The van der Waals surface area contributed by atoms with Gasteiger partial charge in [0, 0.05) is 25.5 Å². The molecule has 28 heavy (non-hydrogen) atoms. The second-order valence-electron chi connectivity index (χ2n) is 8.89. The number of fused-ring (bicyclic) bond motifs is 1. The second-order valence-corrected chi connectivity index (χ2v) is 8.89. The molecule has 4 heterocycles. The maximum atomic E-state index is 13.3. The zero-order valence-electron chi connectivity index (χ0n) is 16.8. The van der Waals surface area contributed by atoms with Gasteiger partial charge in [0.25, 0.3) is 5.91 Å². The molecule has 3 saturated heterocycles. The number of amides is 1. The van der Waals surface area contributed by atoms with Crippen LogP contribution in [0, 0.1) is 5.92 Å². The molecule has 5 rings (SSSR count). The highest BCUT2D eigenvalue weighted by molar-refractivity contribution is 6.04. The van der Waals surface area contributed by atoms with Crippen LogP contribution < -0.4 is 0 Å². The summed E-state index contributed by atoms with van der Waals surface area (Å²) < 4.78 is 8.17. The fraction of sp³-hybridized carbons (Fsp3) is 0.636. The van der Waals surface area contributed by atoms with E-state index in [1.807, 2.05) is 36.2 Å². The molecule has 1 amide bonds. The number of para-hydroxylation sites is 1. The minimum absolute atomic E-state index is 0.0440. The van der Waals surface area contributed by atoms with E-state index in [0.29, 0.717) is 18.2 Å². The van der Waals surface area contributed by atoms with Gasteiger partial charge < -0.3 is 14.5 Å². The topological polar surface area (TPSA) is 50.6 Å². The number of rotatable bonds is 3. The summed E-state index contributed by atoms with van der Waals surface area (Å²) in [6.45, 7) is 5.96. The Labute approximate surface area is 166 Å². The van der Waals surface area contributed by atoms with Gasteiger partial charge in [-0.1, -0.05) is 18.2 Å². The molecule has 3 aliphatic rings. The van der Waals surface area contributed by atoms with Crippen LogP contribution in [-0.4, -0.2) is 70.4 Å². The molecule has 6 nitrogen and oxygen atoms in total. The van der Waals surface area contributed by atoms with Crippen LogP contribution in [-0.2, 0) is 11.8 Å². The van der Waals surface area contributed by atoms with E-state index < -0.39 is 0 Å². The molecular formula is C22H30N4O2. The number of piperidine rings is 1. The quantitative estimate of drug-likeness (QED) is 0.819. The molecule has 1 aromatic heterocycles. The molecule has 3 aliphatic heterocycles. The van der Waals surface area contributed by atoms with Crippen LogP contribution in [0.5, 0.6) is 0 Å². The standard InChI is InChI=1S/C22H30N4O2/c1-24-19-8-3-2-7-18(19)20(23-24)21(27)26-12-6-9-22(16-26)13-17(15-28-22)14-25-10-4-5-11-25/h2-3,7-8,17H,4-6,9-16H2,1H3/t17-,22+/m1/s1. The van der Waals surface area contributed by atoms with Gasteiger partial charge in [0.1, 0.15) is 0 Å². The molecule has 2 atom stereocenters. The molecule has 0 radical (unpaired) electrons. The SMILES string of the molecule is Cn1nc(C(=O)N2CCC[C@]3(C[C@H](CN4CCCC4)CO3)C2)c2ccccc21. The van der Waals surface area contributed by atoms with Crippen LogP contribution in [0.3, 0.4) is 0 Å². The fourth-order valence-electron chi connectivity index (χ4n) is 5.46. The molecule has 2 aromatic rings. The molecule has 1 aromatic carbocycles. The van der Waals surface area contributed by atoms with Crippen molar-refractivity contribution in [2.45, 2.75) is 37.7 Å². The fourth-order valence-corrected chi connectivity index (χ4v) is 5.46. The van der Waals surface area contributed by atoms with Gasteiger partial charge in [-0.05, 0) is 57.2 Å². The Kier molecular flexibility index (Phi) is 4.63. The summed E-state index contributed by atoms with van der Waals surface area (Å²) in [5, 5.41) is 5.48. The van der Waals surface area contributed by atoms with Gasteiger partial charge >= 0.3 is 0 Å². The lowest BCUT2D eigenvalue weighted by atomic mass is 9.86. The Morgan fingerprint density at radius 2 is 2.04 bits per heavy atom. The number of carbonyl (C=O) groups excluding carboxylic acids is 1. The molecule has 0 aliphatic carbocycles. The van der Waals surface area contributed by atoms with Crippen molar-refractivity contribution >= 4 is 16.8 Å². The third-order valence-corrected chi connectivity index (χ3v) is 6.79. The summed E-state index contributed by atoms with van der Waals surface area (Å²) in [6, 6.07) is 7.97. The Bertz CT molecular complexity index is 873. The number of hydrogen-bond acceptors (Lipinski definition) is 4. The third kappa shape index (κ3) is 3.22. The highest BCUT2D eigenvalue weighted by atomic mass is 16.5. The van der Waals surface area contributed by atoms with E-state index in [0.717, 1.165) is 49.9 Å². The highest BCUT2D eigenvalue weighted by Gasteiger charge is 2.45. The molecule has 150 valence electrons.